The molecule has 0 aromatic heterocycles. The van der Waals surface area contributed by atoms with Crippen molar-refractivity contribution in [1.29, 1.82) is 0 Å². The first-order chi connectivity index (χ1) is 9.79. The van der Waals surface area contributed by atoms with Gasteiger partial charge in [-0.3, -0.25) is 4.79 Å². The summed E-state index contributed by atoms with van der Waals surface area (Å²) in [5, 5.41) is 2.03. The van der Waals surface area contributed by atoms with Crippen LogP contribution in [0, 0.1) is 11.6 Å². The molecule has 8 heteroatoms. The van der Waals surface area contributed by atoms with Crippen molar-refractivity contribution in [3.8, 4) is 0 Å². The second-order valence-corrected chi connectivity index (χ2v) is 6.23. The second kappa shape index (κ2) is 6.29. The molecule has 2 aromatic rings. The van der Waals surface area contributed by atoms with E-state index in [1.807, 2.05) is 0 Å². The molecule has 0 unspecified atom stereocenters. The average molecular weight is 440 g/mol. The van der Waals surface area contributed by atoms with Gasteiger partial charge < -0.3 is 11.1 Å². The van der Waals surface area contributed by atoms with Gasteiger partial charge in [-0.1, -0.05) is 27.5 Å². The highest BCUT2D eigenvalue weighted by molar-refractivity contribution is 9.11. The molecule has 0 aliphatic heterocycles. The first kappa shape index (κ1) is 16.2. The number of carbonyl (C=O) groups excluding carboxylic acids is 1. The smallest absolute Gasteiger partial charge is 0.258 e. The minimum atomic E-state index is -0.925. The van der Waals surface area contributed by atoms with Crippen LogP contribution in [-0.2, 0) is 0 Å². The summed E-state index contributed by atoms with van der Waals surface area (Å²) in [5.41, 5.74) is 5.84. The molecule has 0 fully saturated rings. The van der Waals surface area contributed by atoms with Crippen LogP contribution in [0.5, 0.6) is 0 Å². The van der Waals surface area contributed by atoms with E-state index < -0.39 is 28.1 Å². The third-order valence-corrected chi connectivity index (χ3v) is 3.95. The van der Waals surface area contributed by atoms with Crippen LogP contribution in [-0.4, -0.2) is 5.91 Å². The highest BCUT2D eigenvalue weighted by Crippen LogP contribution is 2.33. The molecule has 0 bridgehead atoms. The van der Waals surface area contributed by atoms with Crippen molar-refractivity contribution >= 4 is 60.7 Å². The molecule has 2 aromatic carbocycles. The summed E-state index contributed by atoms with van der Waals surface area (Å²) in [6, 6.07) is 4.70. The Balaban J connectivity index is 2.37. The number of carbonyl (C=O) groups is 1. The quantitative estimate of drug-likeness (QED) is 0.511. The van der Waals surface area contributed by atoms with Crippen molar-refractivity contribution < 1.29 is 13.6 Å². The molecule has 1 amide bonds. The lowest BCUT2D eigenvalue weighted by atomic mass is 10.1. The molecule has 2 rings (SSSR count). The third-order valence-electron chi connectivity index (χ3n) is 2.58. The average Bonchev–Trinajstić information content (AvgIpc) is 2.37. The van der Waals surface area contributed by atoms with Crippen LogP contribution in [0.4, 0.5) is 20.2 Å². The third kappa shape index (κ3) is 3.53. The van der Waals surface area contributed by atoms with E-state index in [1.54, 1.807) is 12.1 Å². The molecule has 0 atom stereocenters. The van der Waals surface area contributed by atoms with Gasteiger partial charge in [0.15, 0.2) is 0 Å². The Morgan fingerprint density at radius 1 is 1.14 bits per heavy atom. The van der Waals surface area contributed by atoms with Gasteiger partial charge in [0.05, 0.1) is 22.0 Å². The number of amides is 1. The van der Waals surface area contributed by atoms with E-state index >= 15 is 0 Å². The summed E-state index contributed by atoms with van der Waals surface area (Å²) in [7, 11) is 0. The van der Waals surface area contributed by atoms with Crippen LogP contribution in [0.1, 0.15) is 10.4 Å². The lowest BCUT2D eigenvalue weighted by molar-refractivity contribution is 0.102. The molecular formula is C13H7Br2ClF2N2O. The summed E-state index contributed by atoms with van der Waals surface area (Å²) in [4.78, 5) is 12.0. The molecule has 0 radical (unpaired) electrons. The Labute approximate surface area is 140 Å². The first-order valence-electron chi connectivity index (χ1n) is 5.50. The summed E-state index contributed by atoms with van der Waals surface area (Å²) in [6.07, 6.45) is 0. The highest BCUT2D eigenvalue weighted by atomic mass is 79.9. The van der Waals surface area contributed by atoms with Crippen LogP contribution in [0.25, 0.3) is 0 Å². The van der Waals surface area contributed by atoms with Crippen molar-refractivity contribution in [2.75, 3.05) is 11.1 Å². The fourth-order valence-corrected chi connectivity index (χ4v) is 3.11. The Morgan fingerprint density at radius 2 is 1.81 bits per heavy atom. The molecule has 21 heavy (non-hydrogen) atoms. The second-order valence-electron chi connectivity index (χ2n) is 4.05. The van der Waals surface area contributed by atoms with E-state index in [9.17, 15) is 13.6 Å². The molecule has 3 nitrogen and oxygen atoms in total. The van der Waals surface area contributed by atoms with E-state index in [-0.39, 0.29) is 11.4 Å². The van der Waals surface area contributed by atoms with Gasteiger partial charge in [-0.2, -0.15) is 0 Å². The normalized spacial score (nSPS) is 10.5. The highest BCUT2D eigenvalue weighted by Gasteiger charge is 2.18. The number of hydrogen-bond donors (Lipinski definition) is 2. The van der Waals surface area contributed by atoms with Gasteiger partial charge in [-0.25, -0.2) is 8.78 Å². The maximum atomic E-state index is 13.7. The van der Waals surface area contributed by atoms with E-state index in [0.29, 0.717) is 8.95 Å². The van der Waals surface area contributed by atoms with E-state index in [0.717, 1.165) is 12.1 Å². The van der Waals surface area contributed by atoms with Crippen molar-refractivity contribution in [3.05, 3.63) is 55.4 Å². The molecule has 0 saturated carbocycles. The summed E-state index contributed by atoms with van der Waals surface area (Å²) >= 11 is 11.9. The molecule has 0 aliphatic carbocycles. The van der Waals surface area contributed by atoms with Crippen LogP contribution in [0.15, 0.2) is 33.2 Å². The van der Waals surface area contributed by atoms with Crippen molar-refractivity contribution in [2.24, 2.45) is 0 Å². The first-order valence-corrected chi connectivity index (χ1v) is 7.46. The lowest BCUT2D eigenvalue weighted by Gasteiger charge is -2.12. The molecule has 0 saturated heterocycles. The van der Waals surface area contributed by atoms with E-state index in [1.165, 1.54) is 0 Å². The topological polar surface area (TPSA) is 55.1 Å². The fraction of sp³-hybridized carbons (Fsp3) is 0. The zero-order chi connectivity index (χ0) is 15.7. The van der Waals surface area contributed by atoms with E-state index in [2.05, 4.69) is 37.2 Å². The van der Waals surface area contributed by atoms with Crippen LogP contribution in [0.3, 0.4) is 0 Å². The monoisotopic (exact) mass is 438 g/mol. The minimum Gasteiger partial charge on any atom is -0.397 e. The number of benzene rings is 2. The number of anilines is 2. The predicted molar refractivity (Wildman–Crippen MR) is 85.6 cm³/mol. The molecular weight excluding hydrogens is 433 g/mol. The van der Waals surface area contributed by atoms with Gasteiger partial charge in [0, 0.05) is 8.95 Å². The van der Waals surface area contributed by atoms with Gasteiger partial charge >= 0.3 is 0 Å². The molecule has 0 heterocycles. The summed E-state index contributed by atoms with van der Waals surface area (Å²) < 4.78 is 28.2. The van der Waals surface area contributed by atoms with Gasteiger partial charge in [0.2, 0.25) is 0 Å². The molecule has 3 N–H and O–H groups in total. The number of nitrogen functional groups attached to an aromatic ring is 1. The van der Waals surface area contributed by atoms with Gasteiger partial charge in [-0.05, 0) is 40.2 Å². The maximum Gasteiger partial charge on any atom is 0.258 e. The fourth-order valence-electron chi connectivity index (χ4n) is 1.60. The Bertz CT molecular complexity index is 717. The largest absolute Gasteiger partial charge is 0.397 e. The van der Waals surface area contributed by atoms with Gasteiger partial charge in [0.25, 0.3) is 5.91 Å². The number of halogens is 5. The van der Waals surface area contributed by atoms with Crippen molar-refractivity contribution in [3.63, 3.8) is 0 Å². The molecule has 0 spiro atoms. The predicted octanol–water partition coefficient (Wildman–Crippen LogP) is 4.98. The number of nitrogens with two attached hydrogens (primary N) is 1. The molecule has 0 aliphatic rings. The number of hydrogen-bond acceptors (Lipinski definition) is 2. The summed E-state index contributed by atoms with van der Waals surface area (Å²) in [6.45, 7) is 0. The van der Waals surface area contributed by atoms with Crippen molar-refractivity contribution in [2.45, 2.75) is 0 Å². The standard InChI is InChI=1S/C13H7Br2ClF2N2O/c14-5-1-7(15)12(11(19)2-5)20-13(21)6-3-10(18)8(16)4-9(6)17/h1-4H,19H2,(H,20,21). The minimum absolute atomic E-state index is 0.262. The summed E-state index contributed by atoms with van der Waals surface area (Å²) in [5.74, 6) is -2.64. The zero-order valence-corrected chi connectivity index (χ0v) is 14.1. The Kier molecular flexibility index (Phi) is 4.85. The van der Waals surface area contributed by atoms with Gasteiger partial charge in [0.1, 0.15) is 11.6 Å². The SMILES string of the molecule is Nc1cc(Br)cc(Br)c1NC(=O)c1cc(F)c(Cl)cc1F. The Hall–Kier alpha value is -1.18. The van der Waals surface area contributed by atoms with Crippen LogP contribution >= 0.6 is 43.5 Å². The zero-order valence-electron chi connectivity index (χ0n) is 10.2. The van der Waals surface area contributed by atoms with Crippen LogP contribution < -0.4 is 11.1 Å². The van der Waals surface area contributed by atoms with Gasteiger partial charge in [-0.15, -0.1) is 0 Å². The lowest BCUT2D eigenvalue weighted by Crippen LogP contribution is -2.15. The van der Waals surface area contributed by atoms with Crippen molar-refractivity contribution in [1.82, 2.24) is 0 Å². The number of rotatable bonds is 2. The Morgan fingerprint density at radius 3 is 2.43 bits per heavy atom. The maximum absolute atomic E-state index is 13.7. The van der Waals surface area contributed by atoms with E-state index in [4.69, 9.17) is 17.3 Å². The van der Waals surface area contributed by atoms with Crippen LogP contribution in [0.2, 0.25) is 5.02 Å². The number of nitrogens with one attached hydrogen (secondary N) is 1. The molecule has 110 valence electrons.